The van der Waals surface area contributed by atoms with Gasteiger partial charge in [-0.3, -0.25) is 9.90 Å². The Hall–Kier alpha value is -1.31. The van der Waals surface area contributed by atoms with Crippen molar-refractivity contribution in [1.29, 1.82) is 0 Å². The highest BCUT2D eigenvalue weighted by Gasteiger charge is 2.15. The molecule has 0 radical (unpaired) electrons. The number of nitrogen functional groups attached to an aromatic ring is 1. The average molecular weight is 259 g/mol. The van der Waals surface area contributed by atoms with Crippen molar-refractivity contribution in [2.24, 2.45) is 0 Å². The van der Waals surface area contributed by atoms with Gasteiger partial charge in [0.05, 0.1) is 23.4 Å². The predicted molar refractivity (Wildman–Crippen MR) is 67.1 cm³/mol. The third-order valence-electron chi connectivity index (χ3n) is 2.35. The van der Waals surface area contributed by atoms with Crippen LogP contribution in [0.25, 0.3) is 0 Å². The molecule has 1 aromatic carbocycles. The quantitative estimate of drug-likeness (QED) is 0.596. The van der Waals surface area contributed by atoms with Gasteiger partial charge in [-0.1, -0.05) is 0 Å². The second-order valence-electron chi connectivity index (χ2n) is 3.31. The van der Waals surface area contributed by atoms with Crippen LogP contribution in [0.4, 0.5) is 11.4 Å². The number of rotatable bonds is 5. The Kier molecular flexibility index (Phi) is 4.33. The van der Waals surface area contributed by atoms with Crippen molar-refractivity contribution in [2.45, 2.75) is 11.8 Å². The Morgan fingerprint density at radius 1 is 1.47 bits per heavy atom. The first-order chi connectivity index (χ1) is 7.96. The highest BCUT2D eigenvalue weighted by atomic mass is 32.2. The van der Waals surface area contributed by atoms with Gasteiger partial charge in [-0.2, -0.15) is 0 Å². The van der Waals surface area contributed by atoms with Gasteiger partial charge in [0.2, 0.25) is 10.0 Å². The minimum atomic E-state index is -3.47. The van der Waals surface area contributed by atoms with Crippen LogP contribution in [0.5, 0.6) is 0 Å². The van der Waals surface area contributed by atoms with E-state index in [9.17, 15) is 8.42 Å². The van der Waals surface area contributed by atoms with Gasteiger partial charge < -0.3 is 5.73 Å². The molecule has 0 unspecified atom stereocenters. The van der Waals surface area contributed by atoms with Crippen LogP contribution >= 0.6 is 0 Å². The van der Waals surface area contributed by atoms with Gasteiger partial charge in [-0.05, 0) is 32.2 Å². The van der Waals surface area contributed by atoms with Gasteiger partial charge in [0.15, 0.2) is 0 Å². The lowest BCUT2D eigenvalue weighted by Crippen LogP contribution is -2.23. The monoisotopic (exact) mass is 259 g/mol. The van der Waals surface area contributed by atoms with Gasteiger partial charge in [-0.15, -0.1) is 0 Å². The zero-order valence-corrected chi connectivity index (χ0v) is 10.9. The Bertz CT molecular complexity index is 484. The molecule has 0 aliphatic heterocycles. The Morgan fingerprint density at radius 3 is 2.53 bits per heavy atom. The molecule has 1 aromatic rings. The summed E-state index contributed by atoms with van der Waals surface area (Å²) < 4.78 is 25.4. The second kappa shape index (κ2) is 5.35. The fraction of sp³-hybridized carbons (Fsp3) is 0.400. The molecular formula is C10H17N3O3S. The normalized spacial score (nSPS) is 11.5. The second-order valence-corrected chi connectivity index (χ2v) is 5.19. The molecular weight excluding hydrogens is 242 g/mol. The summed E-state index contributed by atoms with van der Waals surface area (Å²) in [6, 6.07) is 4.51. The minimum absolute atomic E-state index is 0.133. The molecule has 0 spiro atoms. The molecule has 96 valence electrons. The number of nitrogens with one attached hydrogen (secondary N) is 1. The summed E-state index contributed by atoms with van der Waals surface area (Å²) >= 11 is 0. The maximum absolute atomic E-state index is 11.6. The number of nitrogens with zero attached hydrogens (tertiary/aromatic N) is 1. The van der Waals surface area contributed by atoms with Crippen LogP contribution in [0.3, 0.4) is 0 Å². The third-order valence-corrected chi connectivity index (χ3v) is 3.77. The Balaban J connectivity index is 3.19. The van der Waals surface area contributed by atoms with E-state index in [2.05, 4.69) is 4.72 Å². The van der Waals surface area contributed by atoms with Crippen LogP contribution < -0.4 is 15.5 Å². The van der Waals surface area contributed by atoms with Crippen molar-refractivity contribution in [2.75, 3.05) is 31.5 Å². The molecule has 0 aliphatic rings. The van der Waals surface area contributed by atoms with Gasteiger partial charge >= 0.3 is 0 Å². The number of benzene rings is 1. The summed E-state index contributed by atoms with van der Waals surface area (Å²) in [4.78, 5) is 5.24. The number of nitrogens with two attached hydrogens (primary N) is 1. The van der Waals surface area contributed by atoms with E-state index >= 15 is 0 Å². The Labute approximate surface area is 101 Å². The summed E-state index contributed by atoms with van der Waals surface area (Å²) in [5.41, 5.74) is 6.81. The highest BCUT2D eigenvalue weighted by molar-refractivity contribution is 7.89. The van der Waals surface area contributed by atoms with Crippen molar-refractivity contribution < 1.29 is 13.3 Å². The number of hydrogen-bond acceptors (Lipinski definition) is 5. The molecule has 0 aromatic heterocycles. The number of sulfonamides is 1. The van der Waals surface area contributed by atoms with E-state index in [0.29, 0.717) is 17.9 Å². The molecule has 0 atom stereocenters. The molecule has 0 saturated carbocycles. The first-order valence-corrected chi connectivity index (χ1v) is 6.59. The predicted octanol–water partition coefficient (Wildman–Crippen LogP) is 0.565. The van der Waals surface area contributed by atoms with Gasteiger partial charge in [-0.25, -0.2) is 13.1 Å². The van der Waals surface area contributed by atoms with Gasteiger partial charge in [0.1, 0.15) is 0 Å². The SMILES string of the molecule is CCN(OC)c1ccc(S(=O)(=O)NC)cc1N. The lowest BCUT2D eigenvalue weighted by atomic mass is 10.2. The first kappa shape index (κ1) is 13.8. The summed E-state index contributed by atoms with van der Waals surface area (Å²) in [7, 11) is -0.583. The number of hydroxylamine groups is 1. The third kappa shape index (κ3) is 2.87. The molecule has 0 heterocycles. The van der Waals surface area contributed by atoms with Gasteiger partial charge in [0, 0.05) is 6.54 Å². The van der Waals surface area contributed by atoms with E-state index in [1.54, 1.807) is 11.1 Å². The summed E-state index contributed by atoms with van der Waals surface area (Å²) in [6.07, 6.45) is 0. The number of anilines is 2. The molecule has 0 aliphatic carbocycles. The van der Waals surface area contributed by atoms with Crippen LogP contribution in [0, 0.1) is 0 Å². The van der Waals surface area contributed by atoms with Crippen LogP contribution in [-0.4, -0.2) is 29.1 Å². The summed E-state index contributed by atoms with van der Waals surface area (Å²) in [6.45, 7) is 2.51. The van der Waals surface area contributed by atoms with Crippen LogP contribution in [-0.2, 0) is 14.9 Å². The van der Waals surface area contributed by atoms with E-state index in [-0.39, 0.29) is 4.90 Å². The molecule has 6 nitrogen and oxygen atoms in total. The van der Waals surface area contributed by atoms with Crippen LogP contribution in [0.2, 0.25) is 0 Å². The zero-order valence-electron chi connectivity index (χ0n) is 10.1. The molecule has 1 rings (SSSR count). The fourth-order valence-corrected chi connectivity index (χ4v) is 2.21. The highest BCUT2D eigenvalue weighted by Crippen LogP contribution is 2.26. The van der Waals surface area contributed by atoms with E-state index in [4.69, 9.17) is 10.6 Å². The fourth-order valence-electron chi connectivity index (χ4n) is 1.44. The Morgan fingerprint density at radius 2 is 2.12 bits per heavy atom. The maximum atomic E-state index is 11.6. The zero-order chi connectivity index (χ0) is 13.1. The lowest BCUT2D eigenvalue weighted by Gasteiger charge is -2.21. The van der Waals surface area contributed by atoms with Crippen molar-refractivity contribution in [1.82, 2.24) is 4.72 Å². The molecule has 3 N–H and O–H groups in total. The van der Waals surface area contributed by atoms with Crippen molar-refractivity contribution in [3.63, 3.8) is 0 Å². The smallest absolute Gasteiger partial charge is 0.240 e. The molecule has 7 heteroatoms. The van der Waals surface area contributed by atoms with E-state index in [0.717, 1.165) is 0 Å². The van der Waals surface area contributed by atoms with E-state index in [1.165, 1.54) is 26.3 Å². The van der Waals surface area contributed by atoms with Crippen LogP contribution in [0.1, 0.15) is 6.92 Å². The molecule has 0 bridgehead atoms. The van der Waals surface area contributed by atoms with Crippen molar-refractivity contribution in [3.05, 3.63) is 18.2 Å². The summed E-state index contributed by atoms with van der Waals surface area (Å²) in [5, 5.41) is 1.57. The van der Waals surface area contributed by atoms with Crippen molar-refractivity contribution in [3.8, 4) is 0 Å². The van der Waals surface area contributed by atoms with Crippen LogP contribution in [0.15, 0.2) is 23.1 Å². The largest absolute Gasteiger partial charge is 0.397 e. The van der Waals surface area contributed by atoms with Gasteiger partial charge in [0.25, 0.3) is 0 Å². The van der Waals surface area contributed by atoms with Crippen molar-refractivity contribution >= 4 is 21.4 Å². The number of hydrogen-bond donors (Lipinski definition) is 2. The lowest BCUT2D eigenvalue weighted by molar-refractivity contribution is 0.171. The van der Waals surface area contributed by atoms with E-state index in [1.807, 2.05) is 6.92 Å². The molecule has 0 saturated heterocycles. The maximum Gasteiger partial charge on any atom is 0.240 e. The summed E-state index contributed by atoms with van der Waals surface area (Å²) in [5.74, 6) is 0. The molecule has 0 fully saturated rings. The minimum Gasteiger partial charge on any atom is -0.397 e. The molecule has 0 amide bonds. The standard InChI is InChI=1S/C10H17N3O3S/c1-4-13(16-3)10-6-5-8(7-9(10)11)17(14,15)12-2/h5-7,12H,4,11H2,1-3H3. The molecule has 17 heavy (non-hydrogen) atoms. The van der Waals surface area contributed by atoms with E-state index < -0.39 is 10.0 Å². The average Bonchev–Trinajstić information content (AvgIpc) is 2.32. The first-order valence-electron chi connectivity index (χ1n) is 5.11. The topological polar surface area (TPSA) is 84.7 Å².